The highest BCUT2D eigenvalue weighted by molar-refractivity contribution is 5.82. The van der Waals surface area contributed by atoms with Crippen molar-refractivity contribution >= 4 is 16.6 Å². The Bertz CT molecular complexity index is 392. The highest BCUT2D eigenvalue weighted by atomic mass is 14.9. The number of aromatic amines is 1. The molecule has 1 aromatic heterocycles. The van der Waals surface area contributed by atoms with Gasteiger partial charge in [-0.2, -0.15) is 0 Å². The Morgan fingerprint density at radius 3 is 3.08 bits per heavy atom. The number of fused-ring (bicyclic) bond motifs is 1. The molecule has 13 heavy (non-hydrogen) atoms. The van der Waals surface area contributed by atoms with Crippen LogP contribution in [0.4, 0.5) is 5.69 Å². The molecule has 1 heterocycles. The lowest BCUT2D eigenvalue weighted by Gasteiger charge is -2.03. The van der Waals surface area contributed by atoms with Crippen molar-refractivity contribution in [2.75, 3.05) is 18.4 Å². The van der Waals surface area contributed by atoms with Crippen molar-refractivity contribution in [1.29, 1.82) is 0 Å². The van der Waals surface area contributed by atoms with Gasteiger partial charge in [-0.15, -0.1) is 0 Å². The molecule has 0 radical (unpaired) electrons. The van der Waals surface area contributed by atoms with Crippen molar-refractivity contribution in [1.82, 2.24) is 4.98 Å². The van der Waals surface area contributed by atoms with Gasteiger partial charge >= 0.3 is 0 Å². The van der Waals surface area contributed by atoms with Gasteiger partial charge in [0.15, 0.2) is 0 Å². The van der Waals surface area contributed by atoms with Crippen molar-refractivity contribution in [3.63, 3.8) is 0 Å². The topological polar surface area (TPSA) is 53.8 Å². The van der Waals surface area contributed by atoms with Gasteiger partial charge in [-0.05, 0) is 24.3 Å². The number of H-pyrrole nitrogens is 1. The average molecular weight is 175 g/mol. The lowest BCUT2D eigenvalue weighted by Crippen LogP contribution is -2.12. The molecule has 0 saturated heterocycles. The third-order valence-electron chi connectivity index (χ3n) is 2.03. The molecule has 2 rings (SSSR count). The van der Waals surface area contributed by atoms with Crippen molar-refractivity contribution < 1.29 is 0 Å². The second-order valence-corrected chi connectivity index (χ2v) is 3.00. The Balaban J connectivity index is 2.26. The zero-order chi connectivity index (χ0) is 9.10. The monoisotopic (exact) mass is 175 g/mol. The summed E-state index contributed by atoms with van der Waals surface area (Å²) in [6.07, 6.45) is 1.94. The third-order valence-corrected chi connectivity index (χ3v) is 2.03. The Morgan fingerprint density at radius 1 is 1.31 bits per heavy atom. The van der Waals surface area contributed by atoms with Crippen molar-refractivity contribution in [2.24, 2.45) is 5.73 Å². The Morgan fingerprint density at radius 2 is 2.23 bits per heavy atom. The largest absolute Gasteiger partial charge is 0.384 e. The van der Waals surface area contributed by atoms with E-state index in [1.165, 1.54) is 10.9 Å². The molecule has 1 aromatic carbocycles. The second-order valence-electron chi connectivity index (χ2n) is 3.00. The summed E-state index contributed by atoms with van der Waals surface area (Å²) in [6.45, 7) is 1.47. The SMILES string of the molecule is NCCNc1ccc2[nH]ccc2c1. The van der Waals surface area contributed by atoms with Crippen LogP contribution in [-0.4, -0.2) is 18.1 Å². The molecule has 3 nitrogen and oxygen atoms in total. The fourth-order valence-electron chi connectivity index (χ4n) is 1.38. The number of benzene rings is 1. The molecule has 0 aliphatic heterocycles. The minimum absolute atomic E-state index is 0.658. The van der Waals surface area contributed by atoms with Crippen molar-refractivity contribution in [2.45, 2.75) is 0 Å². The first-order valence-electron chi connectivity index (χ1n) is 4.41. The number of anilines is 1. The van der Waals surface area contributed by atoms with Crippen LogP contribution in [0.15, 0.2) is 30.5 Å². The van der Waals surface area contributed by atoms with Crippen molar-refractivity contribution in [3.8, 4) is 0 Å². The Labute approximate surface area is 76.9 Å². The van der Waals surface area contributed by atoms with E-state index in [-0.39, 0.29) is 0 Å². The van der Waals surface area contributed by atoms with E-state index in [1.807, 2.05) is 6.20 Å². The normalized spacial score (nSPS) is 10.5. The predicted molar refractivity (Wildman–Crippen MR) is 55.8 cm³/mol. The summed E-state index contributed by atoms with van der Waals surface area (Å²) >= 11 is 0. The third kappa shape index (κ3) is 1.65. The van der Waals surface area contributed by atoms with Crippen molar-refractivity contribution in [3.05, 3.63) is 30.5 Å². The first-order valence-corrected chi connectivity index (χ1v) is 4.41. The maximum atomic E-state index is 5.40. The second kappa shape index (κ2) is 3.49. The molecule has 4 N–H and O–H groups in total. The molecule has 0 fully saturated rings. The van der Waals surface area contributed by atoms with Crippen LogP contribution in [0.1, 0.15) is 0 Å². The summed E-state index contributed by atoms with van der Waals surface area (Å²) in [4.78, 5) is 3.15. The zero-order valence-electron chi connectivity index (χ0n) is 7.38. The van der Waals surface area contributed by atoms with E-state index in [9.17, 15) is 0 Å². The molecule has 3 heteroatoms. The first-order chi connectivity index (χ1) is 6.40. The summed E-state index contributed by atoms with van der Waals surface area (Å²) in [5, 5.41) is 4.46. The van der Waals surface area contributed by atoms with Gasteiger partial charge in [0.05, 0.1) is 0 Å². The molecule has 0 bridgehead atoms. The van der Waals surface area contributed by atoms with E-state index in [0.717, 1.165) is 12.2 Å². The molecule has 0 aliphatic carbocycles. The molecular weight excluding hydrogens is 162 g/mol. The lowest BCUT2D eigenvalue weighted by atomic mass is 10.2. The minimum Gasteiger partial charge on any atom is -0.384 e. The van der Waals surface area contributed by atoms with Crippen LogP contribution in [0, 0.1) is 0 Å². The van der Waals surface area contributed by atoms with Gasteiger partial charge in [0.1, 0.15) is 0 Å². The van der Waals surface area contributed by atoms with Crippen LogP contribution in [0.2, 0.25) is 0 Å². The molecule has 0 saturated carbocycles. The van der Waals surface area contributed by atoms with Gasteiger partial charge in [0, 0.05) is 35.9 Å². The average Bonchev–Trinajstić information content (AvgIpc) is 2.61. The predicted octanol–water partition coefficient (Wildman–Crippen LogP) is 1.54. The van der Waals surface area contributed by atoms with Gasteiger partial charge in [-0.25, -0.2) is 0 Å². The molecule has 68 valence electrons. The maximum absolute atomic E-state index is 5.40. The highest BCUT2D eigenvalue weighted by Gasteiger charge is 1.95. The first kappa shape index (κ1) is 8.13. The molecular formula is C10H13N3. The quantitative estimate of drug-likeness (QED) is 0.662. The van der Waals surface area contributed by atoms with Crippen LogP contribution < -0.4 is 11.1 Å². The number of nitrogens with two attached hydrogens (primary N) is 1. The number of hydrogen-bond donors (Lipinski definition) is 3. The standard InChI is InChI=1S/C10H13N3/c11-4-6-12-9-1-2-10-8(7-9)3-5-13-10/h1-3,5,7,12-13H,4,6,11H2. The van der Waals surface area contributed by atoms with Crippen LogP contribution in [-0.2, 0) is 0 Å². The summed E-state index contributed by atoms with van der Waals surface area (Å²) in [6, 6.07) is 8.28. The number of nitrogens with one attached hydrogen (secondary N) is 2. The summed E-state index contributed by atoms with van der Waals surface area (Å²) in [7, 11) is 0. The molecule has 2 aromatic rings. The van der Waals surface area contributed by atoms with Crippen LogP contribution in [0.3, 0.4) is 0 Å². The van der Waals surface area contributed by atoms with Gasteiger partial charge in [0.25, 0.3) is 0 Å². The summed E-state index contributed by atoms with van der Waals surface area (Å²) in [5.74, 6) is 0. The summed E-state index contributed by atoms with van der Waals surface area (Å²) in [5.41, 5.74) is 7.69. The maximum Gasteiger partial charge on any atom is 0.0455 e. The zero-order valence-corrected chi connectivity index (χ0v) is 7.38. The molecule has 0 amide bonds. The molecule has 0 unspecified atom stereocenters. The Kier molecular flexibility index (Phi) is 2.19. The number of rotatable bonds is 3. The van der Waals surface area contributed by atoms with Gasteiger partial charge in [-0.3, -0.25) is 0 Å². The van der Waals surface area contributed by atoms with Crippen LogP contribution in [0.25, 0.3) is 10.9 Å². The van der Waals surface area contributed by atoms with E-state index in [4.69, 9.17) is 5.73 Å². The number of aromatic nitrogens is 1. The van der Waals surface area contributed by atoms with E-state index in [1.54, 1.807) is 0 Å². The number of hydrogen-bond acceptors (Lipinski definition) is 2. The van der Waals surface area contributed by atoms with E-state index in [0.29, 0.717) is 6.54 Å². The minimum atomic E-state index is 0.658. The molecule has 0 atom stereocenters. The van der Waals surface area contributed by atoms with Gasteiger partial charge < -0.3 is 16.0 Å². The highest BCUT2D eigenvalue weighted by Crippen LogP contribution is 2.17. The molecule has 0 spiro atoms. The van der Waals surface area contributed by atoms with Gasteiger partial charge in [-0.1, -0.05) is 0 Å². The van der Waals surface area contributed by atoms with Crippen LogP contribution in [0.5, 0.6) is 0 Å². The summed E-state index contributed by atoms with van der Waals surface area (Å²) < 4.78 is 0. The Hall–Kier alpha value is -1.48. The van der Waals surface area contributed by atoms with E-state index in [2.05, 4.69) is 34.6 Å². The van der Waals surface area contributed by atoms with Gasteiger partial charge in [0.2, 0.25) is 0 Å². The van der Waals surface area contributed by atoms with Crippen LogP contribution >= 0.6 is 0 Å². The lowest BCUT2D eigenvalue weighted by molar-refractivity contribution is 1.02. The molecule has 0 aliphatic rings. The smallest absolute Gasteiger partial charge is 0.0455 e. The fourth-order valence-corrected chi connectivity index (χ4v) is 1.38. The van der Waals surface area contributed by atoms with E-state index < -0.39 is 0 Å². The van der Waals surface area contributed by atoms with E-state index >= 15 is 0 Å². The fraction of sp³-hybridized carbons (Fsp3) is 0.200.